The SMILES string of the molecule is CN1CCN(c2ccc(/C=N/N=C/c3ccc(N4CCN(C)CC4)cc3)cc2)CC1. The Morgan fingerprint density at radius 2 is 0.867 bits per heavy atom. The second-order valence-electron chi connectivity index (χ2n) is 8.25. The Kier molecular flexibility index (Phi) is 6.77. The second kappa shape index (κ2) is 9.87. The average Bonchev–Trinajstić information content (AvgIpc) is 2.79. The van der Waals surface area contributed by atoms with Crippen molar-refractivity contribution >= 4 is 23.8 Å². The van der Waals surface area contributed by atoms with Gasteiger partial charge >= 0.3 is 0 Å². The molecule has 0 amide bonds. The molecule has 4 rings (SSSR count). The zero-order valence-electron chi connectivity index (χ0n) is 18.1. The molecule has 0 N–H and O–H groups in total. The van der Waals surface area contributed by atoms with Gasteiger partial charge in [0.25, 0.3) is 0 Å². The maximum Gasteiger partial charge on any atom is 0.0568 e. The van der Waals surface area contributed by atoms with Crippen LogP contribution in [-0.4, -0.2) is 88.7 Å². The zero-order chi connectivity index (χ0) is 20.8. The maximum atomic E-state index is 4.22. The lowest BCUT2D eigenvalue weighted by molar-refractivity contribution is 0.313. The van der Waals surface area contributed by atoms with Crippen molar-refractivity contribution in [1.29, 1.82) is 0 Å². The molecule has 2 aromatic carbocycles. The zero-order valence-corrected chi connectivity index (χ0v) is 18.1. The lowest BCUT2D eigenvalue weighted by Gasteiger charge is -2.34. The molecule has 158 valence electrons. The smallest absolute Gasteiger partial charge is 0.0568 e. The van der Waals surface area contributed by atoms with Crippen molar-refractivity contribution in [3.05, 3.63) is 59.7 Å². The van der Waals surface area contributed by atoms with Crippen molar-refractivity contribution in [2.75, 3.05) is 76.3 Å². The molecule has 0 atom stereocenters. The normalized spacial score (nSPS) is 19.3. The molecule has 2 heterocycles. The fourth-order valence-corrected chi connectivity index (χ4v) is 3.87. The predicted molar refractivity (Wildman–Crippen MR) is 127 cm³/mol. The van der Waals surface area contributed by atoms with Crippen LogP contribution in [0.3, 0.4) is 0 Å². The van der Waals surface area contributed by atoms with Gasteiger partial charge in [0.1, 0.15) is 0 Å². The van der Waals surface area contributed by atoms with Crippen LogP contribution < -0.4 is 9.80 Å². The number of nitrogens with zero attached hydrogens (tertiary/aromatic N) is 6. The van der Waals surface area contributed by atoms with Gasteiger partial charge in [-0.15, -0.1) is 0 Å². The summed E-state index contributed by atoms with van der Waals surface area (Å²) in [4.78, 5) is 9.61. The maximum absolute atomic E-state index is 4.22. The van der Waals surface area contributed by atoms with E-state index in [1.54, 1.807) is 0 Å². The van der Waals surface area contributed by atoms with Crippen LogP contribution in [0.25, 0.3) is 0 Å². The summed E-state index contributed by atoms with van der Waals surface area (Å²) in [5.74, 6) is 0. The van der Waals surface area contributed by atoms with Crippen LogP contribution in [0.5, 0.6) is 0 Å². The number of hydrogen-bond donors (Lipinski definition) is 0. The molecule has 2 aromatic rings. The van der Waals surface area contributed by atoms with Crippen molar-refractivity contribution < 1.29 is 0 Å². The van der Waals surface area contributed by atoms with Gasteiger partial charge in [-0.1, -0.05) is 24.3 Å². The van der Waals surface area contributed by atoms with Crippen molar-refractivity contribution in [3.8, 4) is 0 Å². The second-order valence-corrected chi connectivity index (χ2v) is 8.25. The summed E-state index contributed by atoms with van der Waals surface area (Å²) in [6.45, 7) is 8.82. The number of piperazine rings is 2. The van der Waals surface area contributed by atoms with E-state index in [1.807, 2.05) is 12.4 Å². The largest absolute Gasteiger partial charge is 0.369 e. The van der Waals surface area contributed by atoms with Gasteiger partial charge < -0.3 is 19.6 Å². The first-order chi connectivity index (χ1) is 14.7. The van der Waals surface area contributed by atoms with Crippen LogP contribution in [0.1, 0.15) is 11.1 Å². The molecule has 30 heavy (non-hydrogen) atoms. The molecule has 0 spiro atoms. The van der Waals surface area contributed by atoms with E-state index in [-0.39, 0.29) is 0 Å². The van der Waals surface area contributed by atoms with Crippen molar-refractivity contribution in [2.24, 2.45) is 10.2 Å². The topological polar surface area (TPSA) is 37.7 Å². The number of hydrogen-bond acceptors (Lipinski definition) is 6. The van der Waals surface area contributed by atoms with E-state index in [2.05, 4.69) is 92.4 Å². The van der Waals surface area contributed by atoms with Gasteiger partial charge in [-0.05, 0) is 49.5 Å². The monoisotopic (exact) mass is 404 g/mol. The molecule has 0 radical (unpaired) electrons. The van der Waals surface area contributed by atoms with E-state index in [9.17, 15) is 0 Å². The summed E-state index contributed by atoms with van der Waals surface area (Å²) in [6, 6.07) is 17.1. The summed E-state index contributed by atoms with van der Waals surface area (Å²) in [7, 11) is 4.36. The third-order valence-electron chi connectivity index (χ3n) is 6.00. The number of likely N-dealkylation sites (N-methyl/N-ethyl adjacent to an activating group) is 2. The highest BCUT2D eigenvalue weighted by molar-refractivity contribution is 5.83. The first-order valence-electron chi connectivity index (χ1n) is 10.8. The Hall–Kier alpha value is -2.70. The summed E-state index contributed by atoms with van der Waals surface area (Å²) in [5.41, 5.74) is 4.69. The number of rotatable bonds is 5. The van der Waals surface area contributed by atoms with Crippen molar-refractivity contribution in [3.63, 3.8) is 0 Å². The van der Waals surface area contributed by atoms with E-state index in [0.29, 0.717) is 0 Å². The summed E-state index contributed by atoms with van der Waals surface area (Å²) < 4.78 is 0. The Balaban J connectivity index is 1.28. The summed E-state index contributed by atoms with van der Waals surface area (Å²) in [5, 5.41) is 8.44. The van der Waals surface area contributed by atoms with Gasteiger partial charge in [-0.25, -0.2) is 0 Å². The van der Waals surface area contributed by atoms with Gasteiger partial charge in [0.05, 0.1) is 12.4 Å². The van der Waals surface area contributed by atoms with Crippen LogP contribution in [0.2, 0.25) is 0 Å². The predicted octanol–water partition coefficient (Wildman–Crippen LogP) is 2.64. The van der Waals surface area contributed by atoms with E-state index in [0.717, 1.165) is 63.5 Å². The molecular weight excluding hydrogens is 372 g/mol. The Bertz CT molecular complexity index is 769. The van der Waals surface area contributed by atoms with Crippen LogP contribution in [0, 0.1) is 0 Å². The highest BCUT2D eigenvalue weighted by Gasteiger charge is 2.14. The third kappa shape index (κ3) is 5.46. The molecule has 0 aliphatic carbocycles. The molecule has 0 aromatic heterocycles. The number of anilines is 2. The molecule has 2 saturated heterocycles. The van der Waals surface area contributed by atoms with Crippen molar-refractivity contribution in [2.45, 2.75) is 0 Å². The molecule has 0 unspecified atom stereocenters. The van der Waals surface area contributed by atoms with Crippen molar-refractivity contribution in [1.82, 2.24) is 9.80 Å². The molecule has 2 fully saturated rings. The highest BCUT2D eigenvalue weighted by atomic mass is 15.3. The van der Waals surface area contributed by atoms with Crippen LogP contribution in [0.4, 0.5) is 11.4 Å². The molecule has 2 aliphatic heterocycles. The minimum Gasteiger partial charge on any atom is -0.369 e. The van der Waals surface area contributed by atoms with E-state index in [4.69, 9.17) is 0 Å². The lowest BCUT2D eigenvalue weighted by Crippen LogP contribution is -2.44. The quantitative estimate of drug-likeness (QED) is 0.567. The standard InChI is InChI=1S/C24H32N6/c1-27-11-15-29(16-12-27)23-7-3-21(4-8-23)19-25-26-20-22-5-9-24(10-6-22)30-17-13-28(2)14-18-30/h3-10,19-20H,11-18H2,1-2H3/b25-19+,26-20+. The summed E-state index contributed by atoms with van der Waals surface area (Å²) in [6.07, 6.45) is 3.62. The summed E-state index contributed by atoms with van der Waals surface area (Å²) >= 11 is 0. The minimum atomic E-state index is 1.07. The Labute approximate surface area is 180 Å². The average molecular weight is 405 g/mol. The van der Waals surface area contributed by atoms with Crippen LogP contribution in [0.15, 0.2) is 58.7 Å². The van der Waals surface area contributed by atoms with E-state index >= 15 is 0 Å². The van der Waals surface area contributed by atoms with Gasteiger partial charge in [-0.3, -0.25) is 0 Å². The molecular formula is C24H32N6. The van der Waals surface area contributed by atoms with Gasteiger partial charge in [0.2, 0.25) is 0 Å². The first-order valence-corrected chi connectivity index (χ1v) is 10.8. The van der Waals surface area contributed by atoms with Crippen LogP contribution >= 0.6 is 0 Å². The van der Waals surface area contributed by atoms with Gasteiger partial charge in [-0.2, -0.15) is 10.2 Å². The van der Waals surface area contributed by atoms with Crippen LogP contribution in [-0.2, 0) is 0 Å². The fourth-order valence-electron chi connectivity index (χ4n) is 3.87. The molecule has 0 saturated carbocycles. The number of benzene rings is 2. The molecule has 2 aliphatic rings. The van der Waals surface area contributed by atoms with E-state index < -0.39 is 0 Å². The Morgan fingerprint density at radius 3 is 1.20 bits per heavy atom. The molecule has 6 heteroatoms. The van der Waals surface area contributed by atoms with Gasteiger partial charge in [0.15, 0.2) is 0 Å². The Morgan fingerprint density at radius 1 is 0.533 bits per heavy atom. The minimum absolute atomic E-state index is 1.07. The molecule has 0 bridgehead atoms. The van der Waals surface area contributed by atoms with Gasteiger partial charge in [0, 0.05) is 63.7 Å². The fraction of sp³-hybridized carbons (Fsp3) is 0.417. The highest BCUT2D eigenvalue weighted by Crippen LogP contribution is 2.17. The third-order valence-corrected chi connectivity index (χ3v) is 6.00. The first kappa shape index (κ1) is 20.6. The molecule has 6 nitrogen and oxygen atoms in total. The van der Waals surface area contributed by atoms with E-state index in [1.165, 1.54) is 11.4 Å². The lowest BCUT2D eigenvalue weighted by atomic mass is 10.2.